The zero-order chi connectivity index (χ0) is 3.41. The second-order valence-corrected chi connectivity index (χ2v) is 0.704. The van der Waals surface area contributed by atoms with E-state index in [1.54, 1.807) is 0 Å². The molecular weight excluding hydrogens is 112 g/mol. The van der Waals surface area contributed by atoms with Crippen LogP contribution in [0.15, 0.2) is 0 Å². The number of rotatable bonds is 1. The summed E-state index contributed by atoms with van der Waals surface area (Å²) in [5, 5.41) is 9.30. The van der Waals surface area contributed by atoms with E-state index in [-0.39, 0.29) is 42.1 Å². The van der Waals surface area contributed by atoms with E-state index >= 15 is 0 Å². The van der Waals surface area contributed by atoms with Crippen LogP contribution in [-0.2, 0) is 0 Å². The molecule has 0 heterocycles. The van der Waals surface area contributed by atoms with Crippen LogP contribution in [0, 0.1) is 0 Å². The molecule has 0 atom stereocenters. The summed E-state index contributed by atoms with van der Waals surface area (Å²) in [6, 6.07) is 0. The molecule has 0 aliphatic rings. The molecule has 0 fully saturated rings. The molecule has 3 heteroatoms. The topological polar surface area (TPSA) is 23.1 Å². The monoisotopic (exact) mass is 118 g/mol. The van der Waals surface area contributed by atoms with Crippen LogP contribution in [0.25, 0.3) is 0 Å². The molecule has 0 aliphatic heterocycles. The van der Waals surface area contributed by atoms with E-state index in [9.17, 15) is 5.11 Å². The van der Waals surface area contributed by atoms with E-state index in [1.165, 1.54) is 0 Å². The van der Waals surface area contributed by atoms with Crippen molar-refractivity contribution in [3.05, 3.63) is 0 Å². The van der Waals surface area contributed by atoms with Crippen molar-refractivity contribution in [2.75, 3.05) is 6.61 Å². The van der Waals surface area contributed by atoms with Gasteiger partial charge in [-0.2, -0.15) is 0 Å². The Morgan fingerprint density at radius 3 is 1.67 bits per heavy atom. The Balaban J connectivity index is -0.0000000450. The Morgan fingerprint density at radius 2 is 1.67 bits per heavy atom. The fourth-order valence-electron chi connectivity index (χ4n) is 0. The third-order valence-electron chi connectivity index (χ3n) is 0.204. The number of hydrogen-bond acceptors (Lipinski definition) is 1. The van der Waals surface area contributed by atoms with Crippen molar-refractivity contribution in [3.8, 4) is 0 Å². The Hall–Kier alpha value is 1.02. The van der Waals surface area contributed by atoms with Gasteiger partial charge in [-0.3, -0.25) is 0 Å². The molecule has 0 aromatic heterocycles. The normalized spacial score (nSPS) is 5.00. The van der Waals surface area contributed by atoms with Gasteiger partial charge in [-0.25, -0.2) is 0 Å². The van der Waals surface area contributed by atoms with Crippen molar-refractivity contribution >= 4 is 23.1 Å². The first-order valence-corrected chi connectivity index (χ1v) is 1.50. The van der Waals surface area contributed by atoms with Crippen LogP contribution in [0.3, 0.4) is 0 Å². The van der Waals surface area contributed by atoms with E-state index in [0.717, 1.165) is 6.42 Å². The van der Waals surface area contributed by atoms with Gasteiger partial charge in [0.1, 0.15) is 0 Å². The van der Waals surface area contributed by atoms with Gasteiger partial charge in [0.15, 0.2) is 0 Å². The fourth-order valence-corrected chi connectivity index (χ4v) is 0. The molecule has 0 radical (unpaired) electrons. The zero-order valence-corrected chi connectivity index (χ0v) is 6.08. The number of halogens is 1. The minimum atomic E-state index is 0. The molecule has 0 amide bonds. The van der Waals surface area contributed by atoms with Gasteiger partial charge in [-0.1, -0.05) is 13.3 Å². The first kappa shape index (κ1) is 15.7. The minimum Gasteiger partial charge on any atom is -1.00 e. The fraction of sp³-hybridized carbons (Fsp3) is 1.00. The maximum atomic E-state index is 9.30. The summed E-state index contributed by atoms with van der Waals surface area (Å²) in [4.78, 5) is 0. The third-order valence-corrected chi connectivity index (χ3v) is 0.204. The summed E-state index contributed by atoms with van der Waals surface area (Å²) in [6.07, 6.45) is 0.764. The van der Waals surface area contributed by atoms with Gasteiger partial charge in [0.2, 0.25) is 0 Å². The summed E-state index contributed by atoms with van der Waals surface area (Å²) in [5.74, 6) is 0. The van der Waals surface area contributed by atoms with Gasteiger partial charge in [0.05, 0.1) is 0 Å². The van der Waals surface area contributed by atoms with Crippen molar-refractivity contribution in [1.29, 1.82) is 0 Å². The number of hydrogen-bond donors (Lipinski definition) is 0. The van der Waals surface area contributed by atoms with Gasteiger partial charge in [0, 0.05) is 0 Å². The molecular formula is C3H7ClMgO. The molecule has 0 bridgehead atoms. The Labute approximate surface area is 60.7 Å². The second-order valence-electron chi connectivity index (χ2n) is 0.704. The molecule has 1 nitrogen and oxygen atoms in total. The Morgan fingerprint density at radius 1 is 1.50 bits per heavy atom. The molecule has 0 spiro atoms. The van der Waals surface area contributed by atoms with Crippen LogP contribution >= 0.6 is 0 Å². The Bertz CT molecular complexity index is 12.8. The van der Waals surface area contributed by atoms with E-state index in [4.69, 9.17) is 0 Å². The summed E-state index contributed by atoms with van der Waals surface area (Å²) < 4.78 is 0. The van der Waals surface area contributed by atoms with Crippen molar-refractivity contribution in [2.24, 2.45) is 0 Å². The molecule has 34 valence electrons. The summed E-state index contributed by atoms with van der Waals surface area (Å²) in [7, 11) is 0. The third kappa shape index (κ3) is 19.9. The van der Waals surface area contributed by atoms with Crippen molar-refractivity contribution in [3.63, 3.8) is 0 Å². The minimum absolute atomic E-state index is 0. The van der Waals surface area contributed by atoms with Gasteiger partial charge < -0.3 is 17.5 Å². The molecule has 0 unspecified atom stereocenters. The summed E-state index contributed by atoms with van der Waals surface area (Å²) >= 11 is 0. The smallest absolute Gasteiger partial charge is 1.00 e. The standard InChI is InChI=1S/C3H7O.ClH.Mg/c1-2-3-4;;/h2-3H2,1H3;1H;/q-1;;+2/p-1. The molecule has 6 heavy (non-hydrogen) atoms. The molecule has 0 N–H and O–H groups in total. The molecule has 0 rings (SSSR count). The van der Waals surface area contributed by atoms with E-state index in [1.807, 2.05) is 6.92 Å². The molecule has 0 aliphatic carbocycles. The van der Waals surface area contributed by atoms with Crippen molar-refractivity contribution < 1.29 is 17.5 Å². The van der Waals surface area contributed by atoms with E-state index < -0.39 is 0 Å². The predicted molar refractivity (Wildman–Crippen MR) is 20.9 cm³/mol. The van der Waals surface area contributed by atoms with Crippen molar-refractivity contribution in [2.45, 2.75) is 13.3 Å². The zero-order valence-electron chi connectivity index (χ0n) is 3.91. The van der Waals surface area contributed by atoms with E-state index in [0.29, 0.717) is 0 Å². The first-order valence-electron chi connectivity index (χ1n) is 1.50. The van der Waals surface area contributed by atoms with Gasteiger partial charge in [-0.05, 0) is 0 Å². The second kappa shape index (κ2) is 16.6. The molecule has 0 aromatic carbocycles. The maximum absolute atomic E-state index is 9.30. The van der Waals surface area contributed by atoms with Gasteiger partial charge >= 0.3 is 23.1 Å². The van der Waals surface area contributed by atoms with Gasteiger partial charge in [0.25, 0.3) is 0 Å². The quantitative estimate of drug-likeness (QED) is 0.327. The molecule has 0 saturated carbocycles. The van der Waals surface area contributed by atoms with Crippen LogP contribution in [-0.4, -0.2) is 29.7 Å². The Kier molecular flexibility index (Phi) is 43.7. The van der Waals surface area contributed by atoms with Gasteiger partial charge in [-0.15, -0.1) is 6.61 Å². The van der Waals surface area contributed by atoms with Crippen LogP contribution in [0.1, 0.15) is 13.3 Å². The van der Waals surface area contributed by atoms with Crippen LogP contribution in [0.5, 0.6) is 0 Å². The SMILES string of the molecule is CCC[O-].[Cl-].[Mg+2]. The largest absolute Gasteiger partial charge is 2.00 e. The maximum Gasteiger partial charge on any atom is 2.00 e. The summed E-state index contributed by atoms with van der Waals surface area (Å²) in [6.45, 7) is 1.94. The van der Waals surface area contributed by atoms with Crippen molar-refractivity contribution in [1.82, 2.24) is 0 Å². The predicted octanol–water partition coefficient (Wildman–Crippen LogP) is -3.62. The average molecular weight is 119 g/mol. The van der Waals surface area contributed by atoms with Crippen LogP contribution < -0.4 is 17.5 Å². The molecule has 0 saturated heterocycles. The van der Waals surface area contributed by atoms with E-state index in [2.05, 4.69) is 0 Å². The molecule has 0 aromatic rings. The summed E-state index contributed by atoms with van der Waals surface area (Å²) in [5.41, 5.74) is 0. The average Bonchev–Trinajstić information content (AvgIpc) is 1.37. The van der Waals surface area contributed by atoms with Crippen LogP contribution in [0.2, 0.25) is 0 Å². The van der Waals surface area contributed by atoms with Crippen LogP contribution in [0.4, 0.5) is 0 Å². The first-order chi connectivity index (χ1) is 1.91.